The molecule has 1 aliphatic rings. The van der Waals surface area contributed by atoms with E-state index in [1.54, 1.807) is 0 Å². The van der Waals surface area contributed by atoms with E-state index in [1.807, 2.05) is 30.3 Å². The van der Waals surface area contributed by atoms with Crippen LogP contribution in [0.25, 0.3) is 0 Å². The number of hydrogen-bond acceptors (Lipinski definition) is 7. The predicted molar refractivity (Wildman–Crippen MR) is 140 cm³/mol. The zero-order valence-corrected chi connectivity index (χ0v) is 22.2. The summed E-state index contributed by atoms with van der Waals surface area (Å²) in [6.45, 7) is 2.10. The number of hydrogen-bond donors (Lipinski definition) is 2. The first kappa shape index (κ1) is 29.0. The molecule has 1 aliphatic carbocycles. The maximum absolute atomic E-state index is 12.9. The third kappa shape index (κ3) is 9.09. The van der Waals surface area contributed by atoms with Crippen LogP contribution in [0.3, 0.4) is 0 Å². The average molecular weight is 527 g/mol. The lowest BCUT2D eigenvalue weighted by atomic mass is 9.92. The second-order valence-corrected chi connectivity index (χ2v) is 9.56. The van der Waals surface area contributed by atoms with Crippen LogP contribution < -0.4 is 10.6 Å². The predicted octanol–water partition coefficient (Wildman–Crippen LogP) is 3.19. The summed E-state index contributed by atoms with van der Waals surface area (Å²) in [5.41, 5.74) is 1.36. The molecule has 0 unspecified atom stereocenters. The second-order valence-electron chi connectivity index (χ2n) is 9.56. The number of amides is 2. The first-order valence-corrected chi connectivity index (χ1v) is 13.3. The first-order chi connectivity index (χ1) is 18.4. The smallest absolute Gasteiger partial charge is 0.305 e. The molecular weight excluding hydrogens is 488 g/mol. The molecule has 0 saturated heterocycles. The molecule has 0 aliphatic heterocycles. The van der Waals surface area contributed by atoms with Crippen LogP contribution in [0.5, 0.6) is 0 Å². The van der Waals surface area contributed by atoms with Crippen LogP contribution in [0, 0.1) is 0 Å². The van der Waals surface area contributed by atoms with Crippen molar-refractivity contribution in [1.82, 2.24) is 20.4 Å². The van der Waals surface area contributed by atoms with Gasteiger partial charge in [0.2, 0.25) is 5.91 Å². The van der Waals surface area contributed by atoms with Crippen molar-refractivity contribution in [2.45, 2.75) is 83.6 Å². The minimum atomic E-state index is -0.415. The number of ketones is 1. The number of aromatic nitrogens is 2. The Bertz CT molecular complexity index is 1080. The normalized spacial score (nSPS) is 17.0. The summed E-state index contributed by atoms with van der Waals surface area (Å²) in [5, 5.41) is 10.1. The van der Waals surface area contributed by atoms with Crippen molar-refractivity contribution in [2.24, 2.45) is 0 Å². The zero-order chi connectivity index (χ0) is 27.3. The molecule has 0 bridgehead atoms. The fourth-order valence-electron chi connectivity index (χ4n) is 4.52. The van der Waals surface area contributed by atoms with Crippen molar-refractivity contribution in [3.63, 3.8) is 0 Å². The molecule has 1 heterocycles. The fourth-order valence-corrected chi connectivity index (χ4v) is 4.52. The number of nitrogens with zero attached hydrogens (tertiary/aromatic N) is 2. The summed E-state index contributed by atoms with van der Waals surface area (Å²) in [6, 6.07) is 11.2. The zero-order valence-electron chi connectivity index (χ0n) is 22.2. The van der Waals surface area contributed by atoms with Crippen LogP contribution in [-0.4, -0.2) is 59.1 Å². The molecule has 0 radical (unpaired) electrons. The molecule has 0 spiro atoms. The Morgan fingerprint density at radius 2 is 1.82 bits per heavy atom. The highest BCUT2D eigenvalue weighted by atomic mass is 16.5. The van der Waals surface area contributed by atoms with Gasteiger partial charge in [-0.1, -0.05) is 49.6 Å². The quantitative estimate of drug-likeness (QED) is 0.220. The second kappa shape index (κ2) is 15.0. The van der Waals surface area contributed by atoms with Crippen molar-refractivity contribution in [3.8, 4) is 0 Å². The summed E-state index contributed by atoms with van der Waals surface area (Å²) in [6.07, 6.45) is 6.13. The standard InChI is InChI=1S/C28H38N4O6/c1-20(33)24-17-23(28(36)29-16-10-4-7-15-27(35)37-2)31-32(24)18-26(34)30-22-13-8-9-14-25(22)38-19-21-11-5-3-6-12-21/h3,5-6,11-12,17,22,25H,4,7-10,13-16,18-19H2,1-2H3,(H,29,36)(H,30,34)/t22-,25-/m0/s1. The minimum Gasteiger partial charge on any atom is -0.469 e. The average Bonchev–Trinajstić information content (AvgIpc) is 3.34. The molecule has 10 heteroatoms. The monoisotopic (exact) mass is 526 g/mol. The van der Waals surface area contributed by atoms with Gasteiger partial charge in [0.05, 0.1) is 25.9 Å². The Morgan fingerprint density at radius 1 is 1.05 bits per heavy atom. The molecule has 2 aromatic rings. The number of ether oxygens (including phenoxy) is 2. The van der Waals surface area contributed by atoms with E-state index in [-0.39, 0.29) is 47.7 Å². The Balaban J connectivity index is 1.52. The lowest BCUT2D eigenvalue weighted by Crippen LogP contribution is -2.47. The SMILES string of the molecule is COC(=O)CCCCCNC(=O)c1cc(C(C)=O)n(CC(=O)N[C@H]2CCCC[C@@H]2OCc2ccccc2)n1. The Morgan fingerprint density at radius 3 is 2.55 bits per heavy atom. The van der Waals surface area contributed by atoms with Crippen LogP contribution in [-0.2, 0) is 32.2 Å². The maximum atomic E-state index is 12.9. The summed E-state index contributed by atoms with van der Waals surface area (Å²) >= 11 is 0. The van der Waals surface area contributed by atoms with Crippen molar-refractivity contribution in [1.29, 1.82) is 0 Å². The summed E-state index contributed by atoms with van der Waals surface area (Å²) < 4.78 is 12.0. The van der Waals surface area contributed by atoms with Crippen LogP contribution in [0.2, 0.25) is 0 Å². The Labute approximate surface area is 223 Å². The van der Waals surface area contributed by atoms with Gasteiger partial charge in [-0.3, -0.25) is 23.9 Å². The van der Waals surface area contributed by atoms with E-state index in [9.17, 15) is 19.2 Å². The van der Waals surface area contributed by atoms with Gasteiger partial charge in [0.15, 0.2) is 11.5 Å². The molecule has 3 rings (SSSR count). The summed E-state index contributed by atoms with van der Waals surface area (Å²) in [5.74, 6) is -1.23. The number of rotatable bonds is 14. The number of benzene rings is 1. The van der Waals surface area contributed by atoms with Crippen LogP contribution >= 0.6 is 0 Å². The molecule has 2 amide bonds. The number of carbonyl (C=O) groups is 4. The largest absolute Gasteiger partial charge is 0.469 e. The minimum absolute atomic E-state index is 0.0827. The molecule has 206 valence electrons. The van der Waals surface area contributed by atoms with Gasteiger partial charge in [0.1, 0.15) is 12.2 Å². The van der Waals surface area contributed by atoms with E-state index >= 15 is 0 Å². The Kier molecular flexibility index (Phi) is 11.5. The highest BCUT2D eigenvalue weighted by Gasteiger charge is 2.28. The van der Waals surface area contributed by atoms with E-state index in [2.05, 4.69) is 20.5 Å². The van der Waals surface area contributed by atoms with E-state index in [1.165, 1.54) is 24.8 Å². The summed E-state index contributed by atoms with van der Waals surface area (Å²) in [4.78, 5) is 48.8. The van der Waals surface area contributed by atoms with Gasteiger partial charge in [-0.05, 0) is 31.2 Å². The third-order valence-corrected chi connectivity index (χ3v) is 6.59. The lowest BCUT2D eigenvalue weighted by molar-refractivity contribution is -0.140. The van der Waals surface area contributed by atoms with E-state index in [0.717, 1.165) is 37.7 Å². The van der Waals surface area contributed by atoms with Gasteiger partial charge < -0.3 is 20.1 Å². The van der Waals surface area contributed by atoms with E-state index < -0.39 is 5.91 Å². The fraction of sp³-hybridized carbons (Fsp3) is 0.536. The van der Waals surface area contributed by atoms with Gasteiger partial charge in [0, 0.05) is 26.0 Å². The molecule has 1 aromatic heterocycles. The van der Waals surface area contributed by atoms with Crippen molar-refractivity contribution < 1.29 is 28.7 Å². The highest BCUT2D eigenvalue weighted by Crippen LogP contribution is 2.22. The molecule has 2 atom stereocenters. The number of Topliss-reactive ketones (excluding diaryl/α,β-unsaturated/α-hetero) is 1. The van der Waals surface area contributed by atoms with Crippen molar-refractivity contribution in [3.05, 3.63) is 53.3 Å². The van der Waals surface area contributed by atoms with Crippen LogP contribution in [0.1, 0.15) is 84.8 Å². The number of esters is 1. The van der Waals surface area contributed by atoms with Crippen LogP contribution in [0.15, 0.2) is 36.4 Å². The molecular formula is C28H38N4O6. The van der Waals surface area contributed by atoms with Gasteiger partial charge >= 0.3 is 5.97 Å². The topological polar surface area (TPSA) is 129 Å². The van der Waals surface area contributed by atoms with E-state index in [4.69, 9.17) is 4.74 Å². The lowest BCUT2D eigenvalue weighted by Gasteiger charge is -2.32. The van der Waals surface area contributed by atoms with Crippen molar-refractivity contribution in [2.75, 3.05) is 13.7 Å². The van der Waals surface area contributed by atoms with Gasteiger partial charge in [-0.15, -0.1) is 0 Å². The van der Waals surface area contributed by atoms with Gasteiger partial charge in [0.25, 0.3) is 5.91 Å². The maximum Gasteiger partial charge on any atom is 0.305 e. The summed E-state index contributed by atoms with van der Waals surface area (Å²) in [7, 11) is 1.36. The van der Waals surface area contributed by atoms with Gasteiger partial charge in [-0.25, -0.2) is 0 Å². The molecule has 2 N–H and O–H groups in total. The van der Waals surface area contributed by atoms with E-state index in [0.29, 0.717) is 32.4 Å². The molecule has 38 heavy (non-hydrogen) atoms. The molecule has 10 nitrogen and oxygen atoms in total. The first-order valence-electron chi connectivity index (χ1n) is 13.3. The molecule has 1 fully saturated rings. The number of carbonyl (C=O) groups excluding carboxylic acids is 4. The highest BCUT2D eigenvalue weighted by molar-refractivity contribution is 5.98. The van der Waals surface area contributed by atoms with Crippen molar-refractivity contribution >= 4 is 23.6 Å². The molecule has 1 saturated carbocycles. The van der Waals surface area contributed by atoms with Gasteiger partial charge in [-0.2, -0.15) is 5.10 Å². The molecule has 1 aromatic carbocycles. The number of unbranched alkanes of at least 4 members (excludes halogenated alkanes) is 2. The van der Waals surface area contributed by atoms with Crippen LogP contribution in [0.4, 0.5) is 0 Å². The third-order valence-electron chi connectivity index (χ3n) is 6.59. The number of nitrogens with one attached hydrogen (secondary N) is 2. The Hall–Kier alpha value is -3.53. The number of methoxy groups -OCH3 is 1.